The van der Waals surface area contributed by atoms with Gasteiger partial charge < -0.3 is 19.8 Å². The maximum Gasteiger partial charge on any atom is 0.161 e. The Labute approximate surface area is 195 Å². The van der Waals surface area contributed by atoms with Gasteiger partial charge >= 0.3 is 0 Å². The summed E-state index contributed by atoms with van der Waals surface area (Å²) in [6.45, 7) is 8.14. The van der Waals surface area contributed by atoms with Crippen LogP contribution in [0.3, 0.4) is 0 Å². The second-order valence-corrected chi connectivity index (χ2v) is 9.85. The quantitative estimate of drug-likeness (QED) is 0.383. The molecular formula is C29H32N2O2. The van der Waals surface area contributed by atoms with Crippen LogP contribution in [0.2, 0.25) is 0 Å². The van der Waals surface area contributed by atoms with Crippen molar-refractivity contribution in [3.8, 4) is 11.5 Å². The number of benzene rings is 3. The van der Waals surface area contributed by atoms with E-state index in [-0.39, 0.29) is 11.5 Å². The lowest BCUT2D eigenvalue weighted by atomic mass is 9.87. The number of fused-ring (bicyclic) bond motifs is 3. The molecule has 0 aliphatic carbocycles. The summed E-state index contributed by atoms with van der Waals surface area (Å²) in [5, 5.41) is 4.99. The molecule has 1 aliphatic rings. The van der Waals surface area contributed by atoms with Gasteiger partial charge in [-0.2, -0.15) is 0 Å². The summed E-state index contributed by atoms with van der Waals surface area (Å²) in [5.74, 6) is 1.51. The van der Waals surface area contributed by atoms with Gasteiger partial charge in [0.2, 0.25) is 0 Å². The molecule has 1 atom stereocenters. The number of hydrogen-bond donors (Lipinski definition) is 2. The molecule has 1 aromatic heterocycles. The molecule has 5 rings (SSSR count). The Morgan fingerprint density at radius 2 is 1.73 bits per heavy atom. The molecule has 0 bridgehead atoms. The van der Waals surface area contributed by atoms with E-state index in [0.29, 0.717) is 6.61 Å². The average molecular weight is 441 g/mol. The summed E-state index contributed by atoms with van der Waals surface area (Å²) < 4.78 is 11.9. The number of aromatic amines is 1. The van der Waals surface area contributed by atoms with Crippen LogP contribution >= 0.6 is 0 Å². The summed E-state index contributed by atoms with van der Waals surface area (Å²) in [6.07, 6.45) is 1.03. The van der Waals surface area contributed by atoms with Crippen molar-refractivity contribution in [1.29, 1.82) is 0 Å². The number of para-hydroxylation sites is 1. The second-order valence-electron chi connectivity index (χ2n) is 9.85. The monoisotopic (exact) mass is 440 g/mol. The van der Waals surface area contributed by atoms with Crippen LogP contribution in [0.15, 0.2) is 66.7 Å². The van der Waals surface area contributed by atoms with Crippen LogP contribution in [0, 0.1) is 0 Å². The molecule has 33 heavy (non-hydrogen) atoms. The highest BCUT2D eigenvalue weighted by Crippen LogP contribution is 2.37. The zero-order valence-corrected chi connectivity index (χ0v) is 19.9. The Morgan fingerprint density at radius 3 is 2.48 bits per heavy atom. The zero-order valence-electron chi connectivity index (χ0n) is 19.9. The summed E-state index contributed by atoms with van der Waals surface area (Å²) in [7, 11) is 1.70. The third-order valence-corrected chi connectivity index (χ3v) is 6.59. The van der Waals surface area contributed by atoms with Crippen molar-refractivity contribution in [2.24, 2.45) is 0 Å². The molecule has 2 heterocycles. The first-order valence-corrected chi connectivity index (χ1v) is 11.7. The van der Waals surface area contributed by atoms with E-state index in [0.717, 1.165) is 30.0 Å². The van der Waals surface area contributed by atoms with Gasteiger partial charge in [0.15, 0.2) is 11.5 Å². The van der Waals surface area contributed by atoms with Gasteiger partial charge in [0.25, 0.3) is 0 Å². The van der Waals surface area contributed by atoms with E-state index in [4.69, 9.17) is 9.47 Å². The van der Waals surface area contributed by atoms with Gasteiger partial charge in [0.1, 0.15) is 6.61 Å². The molecule has 0 amide bonds. The maximum absolute atomic E-state index is 6.15. The molecule has 0 radical (unpaired) electrons. The van der Waals surface area contributed by atoms with Crippen LogP contribution in [0.4, 0.5) is 0 Å². The number of hydrogen-bond acceptors (Lipinski definition) is 3. The van der Waals surface area contributed by atoms with E-state index in [9.17, 15) is 0 Å². The third kappa shape index (κ3) is 4.23. The molecule has 4 aromatic rings. The third-order valence-electron chi connectivity index (χ3n) is 6.59. The van der Waals surface area contributed by atoms with Gasteiger partial charge in [0.05, 0.1) is 13.2 Å². The van der Waals surface area contributed by atoms with Crippen LogP contribution in [0.5, 0.6) is 11.5 Å². The normalized spacial score (nSPS) is 15.9. The lowest BCUT2D eigenvalue weighted by Crippen LogP contribution is -2.30. The number of rotatable bonds is 5. The topological polar surface area (TPSA) is 46.3 Å². The van der Waals surface area contributed by atoms with Crippen molar-refractivity contribution >= 4 is 10.9 Å². The van der Waals surface area contributed by atoms with Crippen LogP contribution in [-0.2, 0) is 18.4 Å². The molecule has 3 aromatic carbocycles. The Hall–Kier alpha value is -3.24. The molecule has 4 nitrogen and oxygen atoms in total. The zero-order chi connectivity index (χ0) is 23.0. The van der Waals surface area contributed by atoms with E-state index >= 15 is 0 Å². The molecular weight excluding hydrogens is 408 g/mol. The summed E-state index contributed by atoms with van der Waals surface area (Å²) in [4.78, 5) is 3.64. The largest absolute Gasteiger partial charge is 0.493 e. The van der Waals surface area contributed by atoms with Gasteiger partial charge in [-0.05, 0) is 52.3 Å². The van der Waals surface area contributed by atoms with E-state index in [1.165, 1.54) is 33.3 Å². The number of aromatic nitrogens is 1. The fourth-order valence-corrected chi connectivity index (χ4v) is 4.71. The molecule has 0 fully saturated rings. The first-order valence-electron chi connectivity index (χ1n) is 11.7. The Morgan fingerprint density at radius 1 is 0.939 bits per heavy atom. The highest BCUT2D eigenvalue weighted by molar-refractivity contribution is 5.85. The summed E-state index contributed by atoms with van der Waals surface area (Å²) >= 11 is 0. The number of ether oxygens (including phenoxy) is 2. The molecule has 0 saturated heterocycles. The average Bonchev–Trinajstić information content (AvgIpc) is 3.21. The van der Waals surface area contributed by atoms with E-state index in [2.05, 4.69) is 91.7 Å². The minimum absolute atomic E-state index is 0.106. The molecule has 1 aliphatic heterocycles. The van der Waals surface area contributed by atoms with Crippen LogP contribution in [-0.4, -0.2) is 18.6 Å². The first-order chi connectivity index (χ1) is 15.9. The smallest absolute Gasteiger partial charge is 0.161 e. The number of methoxy groups -OCH3 is 1. The van der Waals surface area contributed by atoms with Gasteiger partial charge in [-0.25, -0.2) is 0 Å². The van der Waals surface area contributed by atoms with Crippen molar-refractivity contribution < 1.29 is 9.47 Å². The lowest BCUT2D eigenvalue weighted by Gasteiger charge is -2.25. The maximum atomic E-state index is 6.15. The van der Waals surface area contributed by atoms with Gasteiger partial charge in [-0.3, -0.25) is 0 Å². The SMILES string of the molecule is COc1cc(C2NCCc3c2[nH]c2ccccc32)ccc1OCc1ccc(C(C)(C)C)cc1. The van der Waals surface area contributed by atoms with Crippen LogP contribution < -0.4 is 14.8 Å². The Kier molecular flexibility index (Phi) is 5.63. The van der Waals surface area contributed by atoms with Crippen molar-refractivity contribution in [3.63, 3.8) is 0 Å². The van der Waals surface area contributed by atoms with Crippen molar-refractivity contribution in [3.05, 3.63) is 94.7 Å². The minimum atomic E-state index is 0.106. The standard InChI is InChI=1S/C29H32N2O2/c1-29(2,3)21-12-9-19(10-13-21)18-33-25-14-11-20(17-26(25)32-4)27-28-23(15-16-30-27)22-7-5-6-8-24(22)31-28/h5-14,17,27,30-31H,15-16,18H2,1-4H3. The predicted molar refractivity (Wildman–Crippen MR) is 134 cm³/mol. The van der Waals surface area contributed by atoms with E-state index < -0.39 is 0 Å². The summed E-state index contributed by atoms with van der Waals surface area (Å²) in [6, 6.07) is 23.6. The van der Waals surface area contributed by atoms with Crippen LogP contribution in [0.25, 0.3) is 10.9 Å². The van der Waals surface area contributed by atoms with Crippen LogP contribution in [0.1, 0.15) is 54.8 Å². The fraction of sp³-hybridized carbons (Fsp3) is 0.310. The Balaban J connectivity index is 1.37. The van der Waals surface area contributed by atoms with E-state index in [1.54, 1.807) is 7.11 Å². The first kappa shape index (κ1) is 21.6. The molecule has 170 valence electrons. The minimum Gasteiger partial charge on any atom is -0.493 e. The highest BCUT2D eigenvalue weighted by atomic mass is 16.5. The molecule has 4 heteroatoms. The van der Waals surface area contributed by atoms with Crippen molar-refractivity contribution in [1.82, 2.24) is 10.3 Å². The fourth-order valence-electron chi connectivity index (χ4n) is 4.71. The van der Waals surface area contributed by atoms with Gasteiger partial charge in [-0.1, -0.05) is 69.3 Å². The Bertz CT molecular complexity index is 1270. The molecule has 0 spiro atoms. The van der Waals surface area contributed by atoms with Gasteiger partial charge in [-0.15, -0.1) is 0 Å². The molecule has 2 N–H and O–H groups in total. The summed E-state index contributed by atoms with van der Waals surface area (Å²) in [5.41, 5.74) is 7.64. The van der Waals surface area contributed by atoms with Crippen molar-refractivity contribution in [2.75, 3.05) is 13.7 Å². The second kappa shape index (κ2) is 8.60. The van der Waals surface area contributed by atoms with Crippen molar-refractivity contribution in [2.45, 2.75) is 45.3 Å². The molecule has 1 unspecified atom stereocenters. The molecule has 0 saturated carbocycles. The van der Waals surface area contributed by atoms with Gasteiger partial charge in [0, 0.05) is 23.1 Å². The highest BCUT2D eigenvalue weighted by Gasteiger charge is 2.26. The number of nitrogens with one attached hydrogen (secondary N) is 2. The number of H-pyrrole nitrogens is 1. The van der Waals surface area contributed by atoms with E-state index in [1.807, 2.05) is 6.07 Å². The lowest BCUT2D eigenvalue weighted by molar-refractivity contribution is 0.284. The predicted octanol–water partition coefficient (Wildman–Crippen LogP) is 6.29.